The number of rotatable bonds is 2. The van der Waals surface area contributed by atoms with Gasteiger partial charge < -0.3 is 4.57 Å². The van der Waals surface area contributed by atoms with E-state index in [1.54, 1.807) is 0 Å². The van der Waals surface area contributed by atoms with Gasteiger partial charge in [0.15, 0.2) is 0 Å². The smallest absolute Gasteiger partial charge is 0.140 e. The first-order chi connectivity index (χ1) is 15.2. The number of hydrogen-bond acceptors (Lipinski definition) is 1. The summed E-state index contributed by atoms with van der Waals surface area (Å²) in [5.41, 5.74) is 7.20. The van der Waals surface area contributed by atoms with Crippen molar-refractivity contribution < 1.29 is 0 Å². The summed E-state index contributed by atoms with van der Waals surface area (Å²) in [5, 5.41) is 5.05. The molecule has 0 saturated carbocycles. The van der Waals surface area contributed by atoms with Crippen LogP contribution in [0.15, 0.2) is 97.1 Å². The first kappa shape index (κ1) is 17.9. The first-order valence-corrected chi connectivity index (χ1v) is 10.6. The molecule has 0 fully saturated rings. The van der Waals surface area contributed by atoms with Crippen LogP contribution in [0.3, 0.4) is 0 Å². The van der Waals surface area contributed by atoms with Crippen molar-refractivity contribution in [3.63, 3.8) is 0 Å². The highest BCUT2D eigenvalue weighted by Gasteiger charge is 2.11. The van der Waals surface area contributed by atoms with Gasteiger partial charge in [-0.1, -0.05) is 72.8 Å². The van der Waals surface area contributed by atoms with Crippen LogP contribution >= 0.6 is 0 Å². The predicted molar refractivity (Wildman–Crippen MR) is 131 cm³/mol. The maximum atomic E-state index is 4.86. The maximum Gasteiger partial charge on any atom is 0.140 e. The second kappa shape index (κ2) is 6.82. The summed E-state index contributed by atoms with van der Waals surface area (Å²) in [6.07, 6.45) is 0. The van der Waals surface area contributed by atoms with Gasteiger partial charge in [0.2, 0.25) is 0 Å². The molecule has 0 bridgehead atoms. The number of imidazole rings is 1. The average molecular weight is 399 g/mol. The molecular weight excluding hydrogens is 376 g/mol. The maximum absolute atomic E-state index is 4.86. The third kappa shape index (κ3) is 2.83. The number of nitrogens with zero attached hydrogens (tertiary/aromatic N) is 2. The largest absolute Gasteiger partial charge is 0.327 e. The van der Waals surface area contributed by atoms with Gasteiger partial charge in [-0.3, -0.25) is 0 Å². The Morgan fingerprint density at radius 2 is 1.32 bits per heavy atom. The van der Waals surface area contributed by atoms with Crippen LogP contribution in [-0.4, -0.2) is 9.55 Å². The number of para-hydroxylation sites is 2. The van der Waals surface area contributed by atoms with Crippen molar-refractivity contribution in [2.75, 3.05) is 0 Å². The Labute approximate surface area is 181 Å². The van der Waals surface area contributed by atoms with E-state index in [9.17, 15) is 0 Å². The standard InChI is InChI=1S/C29H22N2/c1-19-11-12-20-7-3-4-8-25(20)28(19)23-15-13-22-18-24(16-14-21(22)17-23)29-30-26-9-5-6-10-27(26)31(29)2/h3-18H,1-2H3. The zero-order chi connectivity index (χ0) is 20.9. The zero-order valence-electron chi connectivity index (χ0n) is 17.6. The van der Waals surface area contributed by atoms with E-state index in [0.29, 0.717) is 0 Å². The molecule has 6 aromatic rings. The Balaban J connectivity index is 1.50. The molecule has 1 heterocycles. The molecule has 0 saturated heterocycles. The van der Waals surface area contributed by atoms with Crippen LogP contribution in [0.4, 0.5) is 0 Å². The van der Waals surface area contributed by atoms with E-state index in [-0.39, 0.29) is 0 Å². The van der Waals surface area contributed by atoms with Crippen LogP contribution < -0.4 is 0 Å². The Morgan fingerprint density at radius 3 is 2.16 bits per heavy atom. The zero-order valence-corrected chi connectivity index (χ0v) is 17.6. The summed E-state index contributed by atoms with van der Waals surface area (Å²) in [7, 11) is 2.08. The summed E-state index contributed by atoms with van der Waals surface area (Å²) < 4.78 is 2.17. The number of aryl methyl sites for hydroxylation is 2. The molecule has 6 rings (SSSR count). The van der Waals surface area contributed by atoms with E-state index in [2.05, 4.69) is 110 Å². The molecular formula is C29H22N2. The van der Waals surface area contributed by atoms with E-state index in [1.807, 2.05) is 6.07 Å². The predicted octanol–water partition coefficient (Wildman–Crippen LogP) is 7.52. The highest BCUT2D eigenvalue weighted by Crippen LogP contribution is 2.34. The molecule has 0 aliphatic rings. The molecule has 2 heteroatoms. The Bertz CT molecular complexity index is 1600. The van der Waals surface area contributed by atoms with Gasteiger partial charge in [-0.25, -0.2) is 4.98 Å². The van der Waals surface area contributed by atoms with Gasteiger partial charge in [-0.2, -0.15) is 0 Å². The van der Waals surface area contributed by atoms with Gasteiger partial charge in [-0.05, 0) is 69.4 Å². The molecule has 31 heavy (non-hydrogen) atoms. The molecule has 5 aromatic carbocycles. The molecule has 0 atom stereocenters. The fraction of sp³-hybridized carbons (Fsp3) is 0.0690. The van der Waals surface area contributed by atoms with Crippen LogP contribution in [0.25, 0.3) is 55.1 Å². The second-order valence-corrected chi connectivity index (χ2v) is 8.24. The van der Waals surface area contributed by atoms with Gasteiger partial charge in [0.1, 0.15) is 5.82 Å². The fourth-order valence-electron chi connectivity index (χ4n) is 4.71. The lowest BCUT2D eigenvalue weighted by Gasteiger charge is -2.12. The molecule has 0 radical (unpaired) electrons. The molecule has 0 aliphatic heterocycles. The van der Waals surface area contributed by atoms with Crippen LogP contribution in [0.1, 0.15) is 5.56 Å². The lowest BCUT2D eigenvalue weighted by molar-refractivity contribution is 0.960. The lowest BCUT2D eigenvalue weighted by atomic mass is 9.92. The third-order valence-corrected chi connectivity index (χ3v) is 6.31. The van der Waals surface area contributed by atoms with Gasteiger partial charge in [0.25, 0.3) is 0 Å². The summed E-state index contributed by atoms with van der Waals surface area (Å²) in [4.78, 5) is 4.86. The van der Waals surface area contributed by atoms with Gasteiger partial charge in [0, 0.05) is 12.6 Å². The summed E-state index contributed by atoms with van der Waals surface area (Å²) in [6, 6.07) is 34.8. The third-order valence-electron chi connectivity index (χ3n) is 6.31. The topological polar surface area (TPSA) is 17.8 Å². The molecule has 0 N–H and O–H groups in total. The molecule has 0 spiro atoms. The minimum absolute atomic E-state index is 0.997. The van der Waals surface area contributed by atoms with Crippen molar-refractivity contribution in [2.45, 2.75) is 6.92 Å². The van der Waals surface area contributed by atoms with Crippen LogP contribution in [0.5, 0.6) is 0 Å². The van der Waals surface area contributed by atoms with Crippen LogP contribution in [-0.2, 0) is 7.05 Å². The summed E-state index contributed by atoms with van der Waals surface area (Å²) in [5.74, 6) is 0.997. The summed E-state index contributed by atoms with van der Waals surface area (Å²) in [6.45, 7) is 2.20. The van der Waals surface area contributed by atoms with E-state index < -0.39 is 0 Å². The van der Waals surface area contributed by atoms with Gasteiger partial charge in [-0.15, -0.1) is 0 Å². The quantitative estimate of drug-likeness (QED) is 0.295. The second-order valence-electron chi connectivity index (χ2n) is 8.24. The first-order valence-electron chi connectivity index (χ1n) is 10.6. The van der Waals surface area contributed by atoms with Crippen molar-refractivity contribution in [3.05, 3.63) is 103 Å². The lowest BCUT2D eigenvalue weighted by Crippen LogP contribution is -1.92. The van der Waals surface area contributed by atoms with Crippen molar-refractivity contribution in [1.82, 2.24) is 9.55 Å². The molecule has 0 unspecified atom stereocenters. The van der Waals surface area contributed by atoms with Crippen LogP contribution in [0, 0.1) is 6.92 Å². The minimum Gasteiger partial charge on any atom is -0.327 e. The van der Waals surface area contributed by atoms with Crippen molar-refractivity contribution in [1.29, 1.82) is 0 Å². The fourth-order valence-corrected chi connectivity index (χ4v) is 4.71. The number of fused-ring (bicyclic) bond motifs is 3. The van der Waals surface area contributed by atoms with Crippen molar-refractivity contribution in [2.24, 2.45) is 7.05 Å². The molecule has 148 valence electrons. The van der Waals surface area contributed by atoms with Crippen LogP contribution in [0.2, 0.25) is 0 Å². The van der Waals surface area contributed by atoms with E-state index in [4.69, 9.17) is 4.98 Å². The number of aromatic nitrogens is 2. The van der Waals surface area contributed by atoms with E-state index in [1.165, 1.54) is 38.2 Å². The number of hydrogen-bond donors (Lipinski definition) is 0. The molecule has 1 aromatic heterocycles. The Hall–Kier alpha value is -3.91. The Morgan fingerprint density at radius 1 is 0.645 bits per heavy atom. The Kier molecular flexibility index (Phi) is 3.94. The van der Waals surface area contributed by atoms with Gasteiger partial charge in [0.05, 0.1) is 11.0 Å². The normalized spacial score (nSPS) is 11.5. The SMILES string of the molecule is Cc1ccc2ccccc2c1-c1ccc2cc(-c3nc4ccccc4n3C)ccc2c1. The monoisotopic (exact) mass is 398 g/mol. The van der Waals surface area contributed by atoms with E-state index in [0.717, 1.165) is 22.4 Å². The summed E-state index contributed by atoms with van der Waals surface area (Å²) >= 11 is 0. The van der Waals surface area contributed by atoms with Crippen molar-refractivity contribution >= 4 is 32.6 Å². The average Bonchev–Trinajstić information content (AvgIpc) is 3.15. The van der Waals surface area contributed by atoms with Crippen molar-refractivity contribution in [3.8, 4) is 22.5 Å². The highest BCUT2D eigenvalue weighted by molar-refractivity contribution is 6.01. The molecule has 2 nitrogen and oxygen atoms in total. The van der Waals surface area contributed by atoms with Gasteiger partial charge >= 0.3 is 0 Å². The molecule has 0 aliphatic carbocycles. The highest BCUT2D eigenvalue weighted by atomic mass is 15.1. The minimum atomic E-state index is 0.997. The number of benzene rings is 5. The van der Waals surface area contributed by atoms with E-state index >= 15 is 0 Å². The molecule has 0 amide bonds.